The van der Waals surface area contributed by atoms with Gasteiger partial charge in [0.1, 0.15) is 22.3 Å². The summed E-state index contributed by atoms with van der Waals surface area (Å²) in [4.78, 5) is 5.22. The fourth-order valence-corrected chi connectivity index (χ4v) is 9.85. The van der Waals surface area contributed by atoms with E-state index in [1.807, 2.05) is 48.5 Å². The third kappa shape index (κ3) is 5.84. The highest BCUT2D eigenvalue weighted by atomic mass is 16.3. The van der Waals surface area contributed by atoms with E-state index < -0.39 is 0 Å². The fraction of sp³-hybridized carbons (Fsp3) is 0.0877. The van der Waals surface area contributed by atoms with Gasteiger partial charge >= 0.3 is 0 Å². The van der Waals surface area contributed by atoms with E-state index in [1.165, 1.54) is 43.4 Å². The van der Waals surface area contributed by atoms with Crippen LogP contribution in [0.5, 0.6) is 0 Å². The smallest absolute Gasteiger partial charge is 0.152 e. The van der Waals surface area contributed by atoms with Gasteiger partial charge in [0.25, 0.3) is 0 Å². The summed E-state index contributed by atoms with van der Waals surface area (Å²) in [5.74, 6) is 0.301. The first-order valence-corrected chi connectivity index (χ1v) is 21.5. The van der Waals surface area contributed by atoms with Gasteiger partial charge in [-0.3, -0.25) is 5.41 Å². The number of nitrogens with zero attached hydrogens (tertiary/aromatic N) is 2. The summed E-state index contributed by atoms with van der Waals surface area (Å²) in [7, 11) is 0. The Hall–Kier alpha value is -7.76. The number of aliphatic imine (C=N–C) groups is 1. The lowest BCUT2D eigenvalue weighted by molar-refractivity contribution is 0.605. The Kier molecular flexibility index (Phi) is 8.42. The molecule has 0 saturated carbocycles. The minimum atomic E-state index is 0.0437. The maximum absolute atomic E-state index is 9.27. The van der Waals surface area contributed by atoms with Crippen molar-refractivity contribution < 1.29 is 8.83 Å². The molecule has 0 fully saturated rings. The highest BCUT2D eigenvalue weighted by molar-refractivity contribution is 6.21. The fourth-order valence-electron chi connectivity index (χ4n) is 9.85. The Morgan fingerprint density at radius 3 is 1.90 bits per heavy atom. The molecule has 3 aromatic heterocycles. The van der Waals surface area contributed by atoms with Crippen molar-refractivity contribution in [1.29, 1.82) is 5.41 Å². The molecular formula is C57H41N3O2. The predicted molar refractivity (Wildman–Crippen MR) is 259 cm³/mol. The van der Waals surface area contributed by atoms with Crippen molar-refractivity contribution in [2.24, 2.45) is 10.9 Å². The van der Waals surface area contributed by atoms with E-state index in [0.29, 0.717) is 0 Å². The first-order valence-electron chi connectivity index (χ1n) is 21.5. The zero-order valence-electron chi connectivity index (χ0n) is 34.2. The van der Waals surface area contributed by atoms with Gasteiger partial charge in [-0.05, 0) is 95.1 Å². The molecule has 3 heterocycles. The van der Waals surface area contributed by atoms with Crippen molar-refractivity contribution in [1.82, 2.24) is 4.57 Å². The standard InChI is InChI=1S/C57H41N3O2/c1-2-35(55(59-57(58)37-15-4-3-5-16-37)41-27-29-53-47(32-41)43-20-10-12-22-51(43)61-53)24-25-40-31-48-44-21-11-13-23-52(44)62-54(48)34-49(40)60-50-33-39-18-7-6-17-38(39)30-46(50)45-28-26-36-14-8-9-19-42(36)56(45)60/h3-23,26-35,58H,2,24-25H2,1H3. The van der Waals surface area contributed by atoms with Crippen LogP contribution in [-0.2, 0) is 6.42 Å². The molecule has 0 amide bonds. The second-order valence-electron chi connectivity index (χ2n) is 16.5. The molecule has 12 rings (SSSR count). The maximum atomic E-state index is 9.27. The lowest BCUT2D eigenvalue weighted by Crippen LogP contribution is -2.19. The highest BCUT2D eigenvalue weighted by Crippen LogP contribution is 2.42. The number of hydrogen-bond donors (Lipinski definition) is 1. The minimum absolute atomic E-state index is 0.0437. The first kappa shape index (κ1) is 36.1. The number of aromatic nitrogens is 1. The van der Waals surface area contributed by atoms with Gasteiger partial charge in [0, 0.05) is 55.3 Å². The number of aryl methyl sites for hydroxylation is 1. The third-order valence-electron chi connectivity index (χ3n) is 12.9. The van der Waals surface area contributed by atoms with Crippen LogP contribution in [-0.4, -0.2) is 16.1 Å². The van der Waals surface area contributed by atoms with Crippen molar-refractivity contribution in [2.45, 2.75) is 26.2 Å². The summed E-state index contributed by atoms with van der Waals surface area (Å²) in [6, 6.07) is 64.1. The molecule has 12 aromatic rings. The Balaban J connectivity index is 1.06. The molecule has 0 spiro atoms. The zero-order valence-corrected chi connectivity index (χ0v) is 34.2. The molecule has 0 radical (unpaired) electrons. The van der Waals surface area contributed by atoms with Crippen LogP contribution in [0.1, 0.15) is 36.5 Å². The number of nitrogens with one attached hydrogen (secondary N) is 1. The normalized spacial score (nSPS) is 12.9. The van der Waals surface area contributed by atoms with E-state index in [9.17, 15) is 5.41 Å². The van der Waals surface area contributed by atoms with Gasteiger partial charge in [-0.25, -0.2) is 4.99 Å². The molecule has 0 bridgehead atoms. The van der Waals surface area contributed by atoms with Crippen LogP contribution in [0.25, 0.3) is 92.9 Å². The summed E-state index contributed by atoms with van der Waals surface area (Å²) < 4.78 is 15.4. The number of rotatable bonds is 8. The third-order valence-corrected chi connectivity index (χ3v) is 12.9. The van der Waals surface area contributed by atoms with Crippen LogP contribution in [0.2, 0.25) is 0 Å². The Morgan fingerprint density at radius 1 is 0.516 bits per heavy atom. The molecule has 296 valence electrons. The van der Waals surface area contributed by atoms with Gasteiger partial charge < -0.3 is 13.4 Å². The molecule has 5 heteroatoms. The molecule has 0 aliphatic heterocycles. The van der Waals surface area contributed by atoms with E-state index in [2.05, 4.69) is 145 Å². The van der Waals surface area contributed by atoms with Crippen LogP contribution in [0, 0.1) is 11.3 Å². The van der Waals surface area contributed by atoms with Gasteiger partial charge in [-0.15, -0.1) is 0 Å². The SMILES string of the molecule is CCC(CCc1cc2c(cc1-n1c3cc4ccccc4cc3c3ccc4ccccc4c31)oc1ccccc12)C(=NC(=N)c1ccccc1)c1ccc2oc3ccccc3c2c1. The predicted octanol–water partition coefficient (Wildman–Crippen LogP) is 15.4. The summed E-state index contributed by atoms with van der Waals surface area (Å²) >= 11 is 0. The largest absolute Gasteiger partial charge is 0.456 e. The first-order chi connectivity index (χ1) is 30.6. The Labute approximate surface area is 357 Å². The number of furan rings is 2. The van der Waals surface area contributed by atoms with Crippen molar-refractivity contribution in [3.05, 3.63) is 199 Å². The number of fused-ring (bicyclic) bond motifs is 12. The van der Waals surface area contributed by atoms with Gasteiger partial charge in [-0.1, -0.05) is 134 Å². The van der Waals surface area contributed by atoms with E-state index in [0.717, 1.165) is 91.2 Å². The lowest BCUT2D eigenvalue weighted by atomic mass is 9.87. The van der Waals surface area contributed by atoms with Gasteiger partial charge in [0.15, 0.2) is 5.84 Å². The van der Waals surface area contributed by atoms with Crippen LogP contribution < -0.4 is 0 Å². The monoisotopic (exact) mass is 799 g/mol. The van der Waals surface area contributed by atoms with E-state index >= 15 is 0 Å². The summed E-state index contributed by atoms with van der Waals surface area (Å²) in [6.07, 6.45) is 2.44. The molecule has 1 unspecified atom stereocenters. The van der Waals surface area contributed by atoms with Crippen molar-refractivity contribution in [2.75, 3.05) is 0 Å². The molecule has 9 aromatic carbocycles. The van der Waals surface area contributed by atoms with Gasteiger partial charge in [0.05, 0.1) is 22.4 Å². The molecule has 0 aliphatic rings. The number of para-hydroxylation sites is 2. The number of hydrogen-bond acceptors (Lipinski definition) is 3. The summed E-state index contributed by atoms with van der Waals surface area (Å²) in [6.45, 7) is 2.25. The number of amidine groups is 1. The van der Waals surface area contributed by atoms with Crippen LogP contribution in [0.15, 0.2) is 196 Å². The topological polar surface area (TPSA) is 67.4 Å². The summed E-state index contributed by atoms with van der Waals surface area (Å²) in [5.41, 5.74) is 10.9. The van der Waals surface area contributed by atoms with Gasteiger partial charge in [-0.2, -0.15) is 0 Å². The second-order valence-corrected chi connectivity index (χ2v) is 16.5. The van der Waals surface area contributed by atoms with Crippen molar-refractivity contribution >= 4 is 98.8 Å². The van der Waals surface area contributed by atoms with Crippen molar-refractivity contribution in [3.8, 4) is 5.69 Å². The van der Waals surface area contributed by atoms with E-state index in [1.54, 1.807) is 0 Å². The quantitative estimate of drug-likeness (QED) is 0.123. The van der Waals surface area contributed by atoms with Crippen LogP contribution in [0.3, 0.4) is 0 Å². The molecule has 1 atom stereocenters. The number of benzene rings is 9. The molecule has 5 nitrogen and oxygen atoms in total. The van der Waals surface area contributed by atoms with Crippen molar-refractivity contribution in [3.63, 3.8) is 0 Å². The molecule has 0 saturated heterocycles. The average Bonchev–Trinajstić information content (AvgIpc) is 3.99. The lowest BCUT2D eigenvalue weighted by Gasteiger charge is -2.21. The van der Waals surface area contributed by atoms with E-state index in [-0.39, 0.29) is 11.8 Å². The second kappa shape index (κ2) is 14.5. The molecule has 1 N–H and O–H groups in total. The molecule has 0 aliphatic carbocycles. The van der Waals surface area contributed by atoms with E-state index in [4.69, 9.17) is 13.8 Å². The zero-order chi connectivity index (χ0) is 41.3. The summed E-state index contributed by atoms with van der Waals surface area (Å²) in [5, 5.41) is 20.9. The molecular weight excluding hydrogens is 759 g/mol. The highest BCUT2D eigenvalue weighted by Gasteiger charge is 2.24. The Bertz CT molecular complexity index is 3770. The van der Waals surface area contributed by atoms with Crippen LogP contribution >= 0.6 is 0 Å². The van der Waals surface area contributed by atoms with Gasteiger partial charge in [0.2, 0.25) is 0 Å². The Morgan fingerprint density at radius 2 is 1.15 bits per heavy atom. The maximum Gasteiger partial charge on any atom is 0.152 e. The average molecular weight is 800 g/mol. The van der Waals surface area contributed by atoms with Crippen LogP contribution in [0.4, 0.5) is 0 Å². The minimum Gasteiger partial charge on any atom is -0.456 e. The molecule has 62 heavy (non-hydrogen) atoms.